The maximum Gasteiger partial charge on any atom is 0.270 e. The topological polar surface area (TPSA) is 71.5 Å². The van der Waals surface area contributed by atoms with E-state index in [0.717, 1.165) is 5.01 Å². The van der Waals surface area contributed by atoms with Crippen molar-refractivity contribution < 1.29 is 14.6 Å². The summed E-state index contributed by atoms with van der Waals surface area (Å²) in [6.45, 7) is 6.70. The molecule has 5 nitrogen and oxygen atoms in total. The quantitative estimate of drug-likeness (QED) is 0.802. The van der Waals surface area contributed by atoms with Gasteiger partial charge in [0.25, 0.3) is 5.91 Å². The highest BCUT2D eigenvalue weighted by molar-refractivity contribution is 7.09. The van der Waals surface area contributed by atoms with Gasteiger partial charge in [-0.05, 0) is 18.8 Å². The van der Waals surface area contributed by atoms with Gasteiger partial charge < -0.3 is 15.2 Å². The summed E-state index contributed by atoms with van der Waals surface area (Å²) in [5, 5.41) is 14.8. The number of hydrogen-bond acceptors (Lipinski definition) is 5. The van der Waals surface area contributed by atoms with Crippen molar-refractivity contribution in [2.75, 3.05) is 13.7 Å². The lowest BCUT2D eigenvalue weighted by Crippen LogP contribution is -2.35. The third-order valence-electron chi connectivity index (χ3n) is 2.63. The summed E-state index contributed by atoms with van der Waals surface area (Å²) in [5.41, 5.74) is 0.278. The van der Waals surface area contributed by atoms with E-state index in [1.807, 2.05) is 13.8 Å². The van der Waals surface area contributed by atoms with Crippen LogP contribution in [-0.2, 0) is 11.3 Å². The Hall–Kier alpha value is -0.980. The minimum absolute atomic E-state index is 0.144. The second-order valence-corrected chi connectivity index (χ2v) is 6.40. The Morgan fingerprint density at radius 2 is 2.32 bits per heavy atom. The number of aliphatic hydroxyl groups excluding tert-OH is 1. The standard InChI is InChI=1S/C13H22N2O3S/c1-9(16)5-13(2,3)8-14-12(17)10-7-19-11(15-10)6-18-4/h7,9,16H,5-6,8H2,1-4H3,(H,14,17). The van der Waals surface area contributed by atoms with E-state index in [2.05, 4.69) is 10.3 Å². The van der Waals surface area contributed by atoms with Crippen LogP contribution in [0.4, 0.5) is 0 Å². The number of nitrogens with zero attached hydrogens (tertiary/aromatic N) is 1. The molecule has 2 N–H and O–H groups in total. The molecule has 0 saturated carbocycles. The Bertz CT molecular complexity index is 416. The molecule has 0 spiro atoms. The number of amides is 1. The molecule has 1 aromatic heterocycles. The fourth-order valence-electron chi connectivity index (χ4n) is 1.89. The number of carbonyl (C=O) groups is 1. The lowest BCUT2D eigenvalue weighted by molar-refractivity contribution is 0.0897. The van der Waals surface area contributed by atoms with Crippen molar-refractivity contribution in [1.29, 1.82) is 0 Å². The van der Waals surface area contributed by atoms with E-state index in [1.165, 1.54) is 11.3 Å². The minimum atomic E-state index is -0.375. The molecule has 0 aliphatic carbocycles. The first kappa shape index (κ1) is 16.1. The average Bonchev–Trinajstić information content (AvgIpc) is 2.73. The molecule has 1 rings (SSSR count). The molecule has 0 bridgehead atoms. The predicted octanol–water partition coefficient (Wildman–Crippen LogP) is 1.82. The highest BCUT2D eigenvalue weighted by atomic mass is 32.1. The molecule has 19 heavy (non-hydrogen) atoms. The third-order valence-corrected chi connectivity index (χ3v) is 3.45. The van der Waals surface area contributed by atoms with Gasteiger partial charge in [0.1, 0.15) is 10.7 Å². The van der Waals surface area contributed by atoms with E-state index >= 15 is 0 Å². The number of carbonyl (C=O) groups excluding carboxylic acids is 1. The molecule has 1 heterocycles. The van der Waals surface area contributed by atoms with Crippen LogP contribution in [0.5, 0.6) is 0 Å². The fourth-order valence-corrected chi connectivity index (χ4v) is 2.63. The van der Waals surface area contributed by atoms with E-state index in [9.17, 15) is 9.90 Å². The number of aliphatic hydroxyl groups is 1. The molecule has 0 fully saturated rings. The van der Waals surface area contributed by atoms with Crippen molar-refractivity contribution in [2.24, 2.45) is 5.41 Å². The maximum atomic E-state index is 11.9. The zero-order chi connectivity index (χ0) is 14.5. The zero-order valence-electron chi connectivity index (χ0n) is 11.9. The lowest BCUT2D eigenvalue weighted by Gasteiger charge is -2.26. The van der Waals surface area contributed by atoms with Crippen molar-refractivity contribution in [1.82, 2.24) is 10.3 Å². The summed E-state index contributed by atoms with van der Waals surface area (Å²) in [7, 11) is 1.60. The fraction of sp³-hybridized carbons (Fsp3) is 0.692. The summed E-state index contributed by atoms with van der Waals surface area (Å²) in [4.78, 5) is 16.1. The van der Waals surface area contributed by atoms with E-state index in [-0.39, 0.29) is 17.4 Å². The summed E-state index contributed by atoms with van der Waals surface area (Å²) < 4.78 is 4.97. The number of hydrogen-bond donors (Lipinski definition) is 2. The van der Waals surface area contributed by atoms with Crippen LogP contribution in [-0.4, -0.2) is 35.8 Å². The SMILES string of the molecule is COCc1nc(C(=O)NCC(C)(C)CC(C)O)cs1. The van der Waals surface area contributed by atoms with E-state index in [4.69, 9.17) is 4.74 Å². The van der Waals surface area contributed by atoms with Gasteiger partial charge >= 0.3 is 0 Å². The zero-order valence-corrected chi connectivity index (χ0v) is 12.7. The van der Waals surface area contributed by atoms with Gasteiger partial charge in [-0.3, -0.25) is 4.79 Å². The van der Waals surface area contributed by atoms with Crippen LogP contribution in [0.1, 0.15) is 42.7 Å². The van der Waals surface area contributed by atoms with Crippen LogP contribution in [0.15, 0.2) is 5.38 Å². The lowest BCUT2D eigenvalue weighted by atomic mass is 9.87. The van der Waals surface area contributed by atoms with Crippen molar-refractivity contribution in [3.8, 4) is 0 Å². The molecule has 0 radical (unpaired) electrons. The van der Waals surface area contributed by atoms with Gasteiger partial charge in [-0.15, -0.1) is 11.3 Å². The Morgan fingerprint density at radius 3 is 2.89 bits per heavy atom. The number of ether oxygens (including phenoxy) is 1. The van der Waals surface area contributed by atoms with Gasteiger partial charge in [0.2, 0.25) is 0 Å². The molecule has 108 valence electrons. The number of rotatable bonds is 7. The Morgan fingerprint density at radius 1 is 1.63 bits per heavy atom. The van der Waals surface area contributed by atoms with E-state index in [1.54, 1.807) is 19.4 Å². The Kier molecular flexibility index (Phi) is 5.90. The van der Waals surface area contributed by atoms with Crippen molar-refractivity contribution in [3.05, 3.63) is 16.1 Å². The molecule has 1 atom stereocenters. The first-order valence-corrected chi connectivity index (χ1v) is 7.11. The molecule has 0 aromatic carbocycles. The first-order chi connectivity index (χ1) is 8.84. The van der Waals surface area contributed by atoms with Gasteiger partial charge in [-0.1, -0.05) is 13.8 Å². The normalized spacial score (nSPS) is 13.3. The smallest absolute Gasteiger partial charge is 0.270 e. The van der Waals surface area contributed by atoms with Gasteiger partial charge in [-0.2, -0.15) is 0 Å². The summed E-state index contributed by atoms with van der Waals surface area (Å²) in [6.07, 6.45) is 0.263. The van der Waals surface area contributed by atoms with Crippen LogP contribution >= 0.6 is 11.3 Å². The summed E-state index contributed by atoms with van der Waals surface area (Å²) >= 11 is 1.41. The second-order valence-electron chi connectivity index (χ2n) is 5.46. The summed E-state index contributed by atoms with van der Waals surface area (Å²) in [6, 6.07) is 0. The molecular weight excluding hydrogens is 264 g/mol. The van der Waals surface area contributed by atoms with Crippen molar-refractivity contribution in [3.63, 3.8) is 0 Å². The van der Waals surface area contributed by atoms with E-state index in [0.29, 0.717) is 25.3 Å². The molecule has 1 unspecified atom stereocenters. The maximum absolute atomic E-state index is 11.9. The predicted molar refractivity (Wildman–Crippen MR) is 75.2 cm³/mol. The van der Waals surface area contributed by atoms with Gasteiger partial charge in [-0.25, -0.2) is 4.98 Å². The van der Waals surface area contributed by atoms with Crippen LogP contribution in [0.2, 0.25) is 0 Å². The van der Waals surface area contributed by atoms with Crippen LogP contribution in [0.3, 0.4) is 0 Å². The molecule has 0 aliphatic heterocycles. The van der Waals surface area contributed by atoms with Gasteiger partial charge in [0, 0.05) is 19.0 Å². The van der Waals surface area contributed by atoms with E-state index < -0.39 is 0 Å². The van der Waals surface area contributed by atoms with Crippen LogP contribution in [0, 0.1) is 5.41 Å². The van der Waals surface area contributed by atoms with Gasteiger partial charge in [0.15, 0.2) is 0 Å². The van der Waals surface area contributed by atoms with Crippen molar-refractivity contribution in [2.45, 2.75) is 39.9 Å². The minimum Gasteiger partial charge on any atom is -0.393 e. The molecule has 0 aliphatic rings. The molecule has 6 heteroatoms. The Balaban J connectivity index is 2.50. The molecule has 0 saturated heterocycles. The number of nitrogens with one attached hydrogen (secondary N) is 1. The molecular formula is C13H22N2O3S. The average molecular weight is 286 g/mol. The molecule has 1 aromatic rings. The van der Waals surface area contributed by atoms with Gasteiger partial charge in [0.05, 0.1) is 12.7 Å². The highest BCUT2D eigenvalue weighted by Crippen LogP contribution is 2.21. The van der Waals surface area contributed by atoms with Crippen molar-refractivity contribution >= 4 is 17.2 Å². The number of aromatic nitrogens is 1. The largest absolute Gasteiger partial charge is 0.393 e. The second kappa shape index (κ2) is 6.98. The number of thiazole rings is 1. The monoisotopic (exact) mass is 286 g/mol. The third kappa shape index (κ3) is 5.67. The summed E-state index contributed by atoms with van der Waals surface area (Å²) in [5.74, 6) is -0.183. The molecule has 1 amide bonds. The highest BCUT2D eigenvalue weighted by Gasteiger charge is 2.22. The van der Waals surface area contributed by atoms with Crippen LogP contribution < -0.4 is 5.32 Å². The number of methoxy groups -OCH3 is 1. The first-order valence-electron chi connectivity index (χ1n) is 6.23. The Labute approximate surface area is 118 Å². The van der Waals surface area contributed by atoms with Crippen LogP contribution in [0.25, 0.3) is 0 Å².